The van der Waals surface area contributed by atoms with Crippen LogP contribution in [0.3, 0.4) is 0 Å². The third-order valence-electron chi connectivity index (χ3n) is 12.3. The molecule has 0 aromatic heterocycles. The van der Waals surface area contributed by atoms with Gasteiger partial charge in [0.15, 0.2) is 18.9 Å². The third kappa shape index (κ3) is 6.97. The Hall–Kier alpha value is -3.42. The molecule has 7 rings (SSSR count). The van der Waals surface area contributed by atoms with E-state index in [4.69, 9.17) is 28.4 Å². The van der Waals surface area contributed by atoms with Gasteiger partial charge in [0.1, 0.15) is 41.3 Å². The van der Waals surface area contributed by atoms with Crippen molar-refractivity contribution in [2.75, 3.05) is 14.1 Å². The Morgan fingerprint density at radius 2 is 1.29 bits per heavy atom. The van der Waals surface area contributed by atoms with Gasteiger partial charge in [-0.15, -0.1) is 0 Å². The molecule has 3 aliphatic heterocycles. The van der Waals surface area contributed by atoms with Crippen LogP contribution in [-0.4, -0.2) is 140 Å². The fraction of sp³-hybridized carbons (Fsp3) is 0.650. The molecule has 308 valence electrons. The molecule has 2 aromatic rings. The minimum atomic E-state index is -1.60. The molecule has 16 heteroatoms. The Morgan fingerprint density at radius 3 is 1.86 bits per heavy atom. The van der Waals surface area contributed by atoms with Crippen molar-refractivity contribution in [3.8, 4) is 23.0 Å². The summed E-state index contributed by atoms with van der Waals surface area (Å²) in [5, 5.41) is 77.6. The Morgan fingerprint density at radius 1 is 0.732 bits per heavy atom. The standard InChI is InChI=1S/C40H53NO15/c1-7-40(50)13-12-19-28(34(47)32-31(33(19)46)35(48)29-22(43)8-9-23(44)30(29)36(32)49)39(40)56-26-14-20(41(5)6)37(17(3)52-26)55-27-15-24(45)38(18(4)53-27)54-25-11-10-21(42)16(2)51-25/h8-9,16-18,20-21,24-27,37-39,42-47,50H,7,10-15H2,1-6H3/t16-,17-,18-,20-,21-,24-,25-,26-,27-,37+,38+,39?,40?/m0/s1. The van der Waals surface area contributed by atoms with Gasteiger partial charge >= 0.3 is 0 Å². The first-order chi connectivity index (χ1) is 26.4. The molecule has 13 atom stereocenters. The Balaban J connectivity index is 1.11. The van der Waals surface area contributed by atoms with E-state index in [1.165, 1.54) is 0 Å². The third-order valence-corrected chi connectivity index (χ3v) is 12.3. The van der Waals surface area contributed by atoms with Crippen LogP contribution >= 0.6 is 0 Å². The van der Waals surface area contributed by atoms with Crippen molar-refractivity contribution in [3.05, 3.63) is 45.5 Å². The van der Waals surface area contributed by atoms with Gasteiger partial charge in [0.2, 0.25) is 11.6 Å². The molecule has 0 radical (unpaired) electrons. The Kier molecular flexibility index (Phi) is 11.2. The van der Waals surface area contributed by atoms with Crippen LogP contribution in [0.25, 0.3) is 0 Å². The quantitative estimate of drug-likeness (QED) is 0.163. The second-order valence-electron chi connectivity index (χ2n) is 16.1. The van der Waals surface area contributed by atoms with Crippen molar-refractivity contribution in [1.82, 2.24) is 4.90 Å². The zero-order valence-electron chi connectivity index (χ0n) is 32.4. The van der Waals surface area contributed by atoms with Gasteiger partial charge in [-0.1, -0.05) is 6.92 Å². The number of ether oxygens (including phenoxy) is 6. The average molecular weight is 788 g/mol. The fourth-order valence-corrected chi connectivity index (χ4v) is 9.02. The number of phenolic OH excluding ortho intramolecular Hbond substituents is 4. The van der Waals surface area contributed by atoms with Gasteiger partial charge in [-0.25, -0.2) is 0 Å². The van der Waals surface area contributed by atoms with Gasteiger partial charge in [-0.05, 0) is 72.7 Å². The van der Waals surface area contributed by atoms with E-state index in [0.717, 1.165) is 12.1 Å². The largest absolute Gasteiger partial charge is 0.507 e. The van der Waals surface area contributed by atoms with Crippen LogP contribution in [0, 0.1) is 0 Å². The van der Waals surface area contributed by atoms with Crippen LogP contribution in [0.15, 0.2) is 12.1 Å². The maximum Gasteiger partial charge on any atom is 0.202 e. The molecule has 0 saturated carbocycles. The summed E-state index contributed by atoms with van der Waals surface area (Å²) < 4.78 is 37.5. The summed E-state index contributed by atoms with van der Waals surface area (Å²) >= 11 is 0. The molecule has 5 aliphatic rings. The topological polar surface area (TPSA) is 234 Å². The predicted molar refractivity (Wildman–Crippen MR) is 195 cm³/mol. The lowest BCUT2D eigenvalue weighted by atomic mass is 9.71. The van der Waals surface area contributed by atoms with Crippen molar-refractivity contribution in [3.63, 3.8) is 0 Å². The maximum atomic E-state index is 13.9. The number of fused-ring (bicyclic) bond motifs is 3. The number of likely N-dealkylation sites (N-methyl/N-ethyl adjacent to an activating group) is 1. The second kappa shape index (κ2) is 15.4. The number of phenols is 4. The summed E-state index contributed by atoms with van der Waals surface area (Å²) in [5.41, 5.74) is -3.63. The normalized spacial score (nSPS) is 37.2. The Labute approximate surface area is 324 Å². The number of hydrogen-bond donors (Lipinski definition) is 7. The van der Waals surface area contributed by atoms with E-state index in [9.17, 15) is 45.3 Å². The zero-order valence-corrected chi connectivity index (χ0v) is 32.4. The van der Waals surface area contributed by atoms with E-state index < -0.39 is 130 Å². The number of hydrogen-bond acceptors (Lipinski definition) is 16. The van der Waals surface area contributed by atoms with Crippen LogP contribution < -0.4 is 0 Å². The van der Waals surface area contributed by atoms with E-state index in [1.807, 2.05) is 19.0 Å². The van der Waals surface area contributed by atoms with Gasteiger partial charge in [0, 0.05) is 36.4 Å². The molecule has 2 aromatic carbocycles. The van der Waals surface area contributed by atoms with Crippen molar-refractivity contribution >= 4 is 11.6 Å². The maximum absolute atomic E-state index is 13.9. The summed E-state index contributed by atoms with van der Waals surface area (Å²) in [6.07, 6.45) is -6.45. The molecule has 3 fully saturated rings. The highest BCUT2D eigenvalue weighted by Crippen LogP contribution is 2.54. The number of ketones is 2. The lowest BCUT2D eigenvalue weighted by molar-refractivity contribution is -0.331. The number of rotatable bonds is 8. The molecule has 2 aliphatic carbocycles. The van der Waals surface area contributed by atoms with E-state index in [-0.39, 0.29) is 49.3 Å². The molecular weight excluding hydrogens is 734 g/mol. The Bertz CT molecular complexity index is 1840. The first-order valence-electron chi connectivity index (χ1n) is 19.4. The highest BCUT2D eigenvalue weighted by molar-refractivity contribution is 6.32. The van der Waals surface area contributed by atoms with Crippen LogP contribution in [-0.2, 0) is 34.8 Å². The highest BCUT2D eigenvalue weighted by atomic mass is 16.7. The molecule has 3 heterocycles. The smallest absolute Gasteiger partial charge is 0.202 e. The molecule has 3 saturated heterocycles. The molecule has 16 nitrogen and oxygen atoms in total. The first-order valence-corrected chi connectivity index (χ1v) is 19.4. The number of benzene rings is 2. The lowest BCUT2D eigenvalue weighted by Gasteiger charge is -2.48. The minimum Gasteiger partial charge on any atom is -0.507 e. The second-order valence-corrected chi connectivity index (χ2v) is 16.1. The number of aliphatic hydroxyl groups excluding tert-OH is 2. The average Bonchev–Trinajstić information content (AvgIpc) is 3.14. The van der Waals surface area contributed by atoms with Crippen molar-refractivity contribution in [1.29, 1.82) is 0 Å². The molecule has 0 amide bonds. The van der Waals surface area contributed by atoms with Gasteiger partial charge in [-0.3, -0.25) is 9.59 Å². The first kappa shape index (κ1) is 40.8. The number of carbonyl (C=O) groups excluding carboxylic acids is 2. The monoisotopic (exact) mass is 787 g/mol. The fourth-order valence-electron chi connectivity index (χ4n) is 9.02. The van der Waals surface area contributed by atoms with Crippen molar-refractivity contribution in [2.45, 2.75) is 152 Å². The number of nitrogens with zero attached hydrogens (tertiary/aromatic N) is 1. The lowest BCUT2D eigenvalue weighted by Crippen LogP contribution is -2.58. The SMILES string of the molecule is CCC1(O)CCc2c(O)c3c(c(O)c2C1O[C@H]1C[C@H](N(C)C)[C@H](O[C@H]2C[C@H](O)[C@H](O[C@H]4CC[C@H](O)[C@H](C)O4)[C@H](C)O2)[C@H](C)O1)C(=O)c1c(O)ccc(O)c1C3=O. The van der Waals surface area contributed by atoms with Gasteiger partial charge < -0.3 is 69.1 Å². The van der Waals surface area contributed by atoms with Crippen molar-refractivity contribution in [2.24, 2.45) is 0 Å². The highest BCUT2D eigenvalue weighted by Gasteiger charge is 2.51. The van der Waals surface area contributed by atoms with Crippen molar-refractivity contribution < 1.29 is 73.8 Å². The van der Waals surface area contributed by atoms with E-state index in [2.05, 4.69) is 0 Å². The molecular formula is C40H53NO15. The van der Waals surface area contributed by atoms with E-state index in [0.29, 0.717) is 12.8 Å². The number of carbonyl (C=O) groups is 2. The minimum absolute atomic E-state index is 0.0260. The predicted octanol–water partition coefficient (Wildman–Crippen LogP) is 2.65. The summed E-state index contributed by atoms with van der Waals surface area (Å²) in [6.45, 7) is 7.09. The number of aliphatic hydroxyl groups is 3. The zero-order chi connectivity index (χ0) is 40.5. The van der Waals surface area contributed by atoms with Gasteiger partial charge in [0.05, 0.1) is 58.4 Å². The molecule has 7 N–H and O–H groups in total. The molecule has 2 unspecified atom stereocenters. The van der Waals surface area contributed by atoms with Gasteiger partial charge in [-0.2, -0.15) is 0 Å². The summed E-state index contributed by atoms with van der Waals surface area (Å²) in [7, 11) is 3.73. The van der Waals surface area contributed by atoms with Crippen LogP contribution in [0.2, 0.25) is 0 Å². The summed E-state index contributed by atoms with van der Waals surface area (Å²) in [4.78, 5) is 29.5. The molecule has 0 spiro atoms. The van der Waals surface area contributed by atoms with Gasteiger partial charge in [0.25, 0.3) is 0 Å². The molecule has 56 heavy (non-hydrogen) atoms. The summed E-state index contributed by atoms with van der Waals surface area (Å²) in [6, 6.07) is 1.77. The van der Waals surface area contributed by atoms with E-state index in [1.54, 1.807) is 27.7 Å². The van der Waals surface area contributed by atoms with Crippen LogP contribution in [0.4, 0.5) is 0 Å². The van der Waals surface area contributed by atoms with Crippen LogP contribution in [0.5, 0.6) is 23.0 Å². The number of aromatic hydroxyl groups is 4. The van der Waals surface area contributed by atoms with Crippen LogP contribution in [0.1, 0.15) is 115 Å². The van der Waals surface area contributed by atoms with E-state index >= 15 is 0 Å². The molecule has 0 bridgehead atoms. The summed E-state index contributed by atoms with van der Waals surface area (Å²) in [5.74, 6) is -4.36.